The quantitative estimate of drug-likeness (QED) is 0.155. The van der Waals surface area contributed by atoms with E-state index in [2.05, 4.69) is 323 Å². The van der Waals surface area contributed by atoms with E-state index in [-0.39, 0.29) is 0 Å². The Morgan fingerprint density at radius 1 is 0.277 bits per heavy atom. The van der Waals surface area contributed by atoms with E-state index >= 15 is 0 Å². The lowest BCUT2D eigenvalue weighted by Crippen LogP contribution is -2.33. The minimum Gasteiger partial charge on any atom is -0.310 e. The van der Waals surface area contributed by atoms with Crippen LogP contribution in [0.15, 0.2) is 309 Å². The van der Waals surface area contributed by atoms with Crippen molar-refractivity contribution in [3.63, 3.8) is 0 Å². The van der Waals surface area contributed by atoms with Crippen molar-refractivity contribution in [1.29, 1.82) is 0 Å². The summed E-state index contributed by atoms with van der Waals surface area (Å²) in [6.07, 6.45) is 0. The van der Waals surface area contributed by atoms with Gasteiger partial charge in [-0.2, -0.15) is 0 Å². The molecule has 2 aromatic heterocycles. The number of hydrogen-bond acceptors (Lipinski definition) is 1. The average molecular weight is 1050 g/mol. The molecular weight excluding hydrogens is 1000 g/mol. The summed E-state index contributed by atoms with van der Waals surface area (Å²) in [5, 5.41) is 5.03. The Labute approximate surface area is 481 Å². The lowest BCUT2D eigenvalue weighted by atomic mass is 9.65. The fraction of sp³-hybridized carbons (Fsp3) is 0.0250. The second kappa shape index (κ2) is 17.4. The normalized spacial score (nSPS) is 14.9. The molecule has 1 unspecified atom stereocenters. The number of aromatic nitrogens is 2. The Morgan fingerprint density at radius 3 is 1.47 bits per heavy atom. The predicted molar refractivity (Wildman–Crippen MR) is 343 cm³/mol. The maximum atomic E-state index is 2.53. The fourth-order valence-corrected chi connectivity index (χ4v) is 15.6. The Hall–Kier alpha value is -10.7. The number of fused-ring (bicyclic) bond motifs is 18. The van der Waals surface area contributed by atoms with Gasteiger partial charge in [0.1, 0.15) is 0 Å². The fourth-order valence-electron chi connectivity index (χ4n) is 15.6. The Morgan fingerprint density at radius 2 is 0.759 bits per heavy atom. The lowest BCUT2D eigenvalue weighted by molar-refractivity contribution is 0.748. The molecule has 0 bridgehead atoms. The summed E-state index contributed by atoms with van der Waals surface area (Å²) in [5.74, 6) is 0. The topological polar surface area (TPSA) is 13.1 Å². The van der Waals surface area contributed by atoms with Gasteiger partial charge in [-0.1, -0.05) is 237 Å². The van der Waals surface area contributed by atoms with Gasteiger partial charge < -0.3 is 14.0 Å². The molecule has 0 N–H and O–H groups in total. The zero-order valence-corrected chi connectivity index (χ0v) is 45.3. The first kappa shape index (κ1) is 46.1. The molecule has 1 spiro atoms. The highest BCUT2D eigenvalue weighted by molar-refractivity contribution is 6.14. The van der Waals surface area contributed by atoms with Crippen molar-refractivity contribution < 1.29 is 0 Å². The molecule has 1 aliphatic heterocycles. The van der Waals surface area contributed by atoms with Crippen LogP contribution in [0.4, 0.5) is 17.1 Å². The van der Waals surface area contributed by atoms with Gasteiger partial charge in [0.15, 0.2) is 0 Å². The largest absolute Gasteiger partial charge is 0.310 e. The Kier molecular flexibility index (Phi) is 9.64. The molecule has 0 fully saturated rings. The Bertz CT molecular complexity index is 5100. The molecule has 0 radical (unpaired) electrons. The van der Waals surface area contributed by atoms with E-state index in [0.717, 1.165) is 28.3 Å². The van der Waals surface area contributed by atoms with Crippen LogP contribution in [-0.2, 0) is 10.8 Å². The summed E-state index contributed by atoms with van der Waals surface area (Å²) in [4.78, 5) is 2.52. The summed E-state index contributed by atoms with van der Waals surface area (Å²) in [6, 6.07) is 116. The lowest BCUT2D eigenvalue weighted by Gasteiger charge is -2.39. The van der Waals surface area contributed by atoms with Crippen LogP contribution in [0, 0.1) is 0 Å². The van der Waals surface area contributed by atoms with Crippen molar-refractivity contribution in [2.75, 3.05) is 4.90 Å². The smallest absolute Gasteiger partial charge is 0.0755 e. The van der Waals surface area contributed by atoms with Crippen LogP contribution in [0.3, 0.4) is 0 Å². The molecule has 386 valence electrons. The summed E-state index contributed by atoms with van der Waals surface area (Å²) < 4.78 is 4.92. The molecule has 3 nitrogen and oxygen atoms in total. The van der Waals surface area contributed by atoms with Gasteiger partial charge in [0.2, 0.25) is 0 Å². The highest BCUT2D eigenvalue weighted by atomic mass is 15.1. The molecule has 3 aliphatic rings. The third-order valence-corrected chi connectivity index (χ3v) is 18.8. The first-order chi connectivity index (χ1) is 41.2. The number of rotatable bonds is 7. The van der Waals surface area contributed by atoms with Crippen LogP contribution in [-0.4, -0.2) is 9.13 Å². The van der Waals surface area contributed by atoms with Gasteiger partial charge in [0.05, 0.1) is 44.3 Å². The summed E-state index contributed by atoms with van der Waals surface area (Å²) in [5.41, 5.74) is 27.1. The van der Waals surface area contributed by atoms with Crippen LogP contribution in [0.5, 0.6) is 0 Å². The van der Waals surface area contributed by atoms with Crippen molar-refractivity contribution in [1.82, 2.24) is 9.13 Å². The number of nitrogens with zero attached hydrogens (tertiary/aromatic N) is 3. The van der Waals surface area contributed by atoms with E-state index in [0.29, 0.717) is 0 Å². The summed E-state index contributed by atoms with van der Waals surface area (Å²) in [6.45, 7) is 0. The molecule has 0 amide bonds. The minimum absolute atomic E-state index is 0.523. The van der Waals surface area contributed by atoms with E-state index in [9.17, 15) is 0 Å². The third kappa shape index (κ3) is 6.12. The molecule has 15 aromatic rings. The van der Waals surface area contributed by atoms with Crippen LogP contribution in [0.2, 0.25) is 0 Å². The number of anilines is 3. The molecule has 0 saturated carbocycles. The Balaban J connectivity index is 0.860. The number of hydrogen-bond donors (Lipinski definition) is 0. The molecule has 0 saturated heterocycles. The van der Waals surface area contributed by atoms with Crippen LogP contribution >= 0.6 is 0 Å². The highest BCUT2D eigenvalue weighted by Gasteiger charge is 2.52. The van der Waals surface area contributed by atoms with Gasteiger partial charge >= 0.3 is 0 Å². The van der Waals surface area contributed by atoms with Crippen molar-refractivity contribution in [3.05, 3.63) is 354 Å². The van der Waals surface area contributed by atoms with Crippen molar-refractivity contribution in [2.45, 2.75) is 10.8 Å². The van der Waals surface area contributed by atoms with Crippen molar-refractivity contribution >= 4 is 60.7 Å². The monoisotopic (exact) mass is 1050 g/mol. The maximum Gasteiger partial charge on any atom is 0.0755 e. The average Bonchev–Trinajstić information content (AvgIpc) is 1.82. The van der Waals surface area contributed by atoms with Gasteiger partial charge in [-0.05, 0) is 145 Å². The third-order valence-electron chi connectivity index (χ3n) is 18.8. The number of benzene rings is 13. The molecule has 83 heavy (non-hydrogen) atoms. The summed E-state index contributed by atoms with van der Waals surface area (Å²) >= 11 is 0. The molecule has 3 heterocycles. The zero-order chi connectivity index (χ0) is 54.4. The van der Waals surface area contributed by atoms with Gasteiger partial charge in [0.25, 0.3) is 0 Å². The van der Waals surface area contributed by atoms with E-state index in [4.69, 9.17) is 0 Å². The van der Waals surface area contributed by atoms with E-state index < -0.39 is 10.8 Å². The second-order valence-corrected chi connectivity index (χ2v) is 22.6. The SMILES string of the molecule is c1ccc(-n2c3ccccc3c3cc(-c4ccc(N(c5ccc(C6(c7ccccc7)c7ccccc7-c7ccccc76)cc5)c5cccc6c5-c5ccccc5C65c6ccccc6-n6c7ccccc7c7cccc5c76)cc4)ccc32)cc1. The number of para-hydroxylation sites is 5. The van der Waals surface area contributed by atoms with E-state index in [1.54, 1.807) is 0 Å². The van der Waals surface area contributed by atoms with Crippen molar-refractivity contribution in [2.24, 2.45) is 0 Å². The van der Waals surface area contributed by atoms with Gasteiger partial charge in [-0.15, -0.1) is 0 Å². The van der Waals surface area contributed by atoms with Crippen LogP contribution in [0.25, 0.3) is 88.4 Å². The second-order valence-electron chi connectivity index (χ2n) is 22.6. The van der Waals surface area contributed by atoms with E-state index in [1.807, 2.05) is 0 Å². The standard InChI is InChI=1S/C80H51N3/c1-3-21-54(22-4-1)79(66-31-12-7-25-59(66)60-26-8-13-32-67(60)79)55-44-48-58(49-45-55)81(57-46-41-52(42-47-57)53-43-50-74-65(51-53)62-28-11-16-37-72(62)82(74)56-23-5-2-6-24-56)76-40-20-35-70-77(76)64-29-9-14-33-68(64)80(70)69-34-15-18-39-75(69)83-73-38-17-10-27-61(73)63-30-19-36-71(80)78(63)83/h1-51H. The summed E-state index contributed by atoms with van der Waals surface area (Å²) in [7, 11) is 0. The molecule has 1 atom stereocenters. The molecular formula is C80H51N3. The first-order valence-electron chi connectivity index (χ1n) is 28.9. The minimum atomic E-state index is -0.602. The maximum absolute atomic E-state index is 2.53. The first-order valence-corrected chi connectivity index (χ1v) is 28.9. The van der Waals surface area contributed by atoms with Gasteiger partial charge in [-0.25, -0.2) is 0 Å². The molecule has 3 heteroatoms. The van der Waals surface area contributed by atoms with Gasteiger partial charge in [0, 0.05) is 44.2 Å². The van der Waals surface area contributed by atoms with Gasteiger partial charge in [-0.3, -0.25) is 0 Å². The van der Waals surface area contributed by atoms with Crippen molar-refractivity contribution in [3.8, 4) is 44.8 Å². The molecule has 18 rings (SSSR count). The molecule has 2 aliphatic carbocycles. The van der Waals surface area contributed by atoms with Crippen LogP contribution in [0.1, 0.15) is 44.5 Å². The zero-order valence-electron chi connectivity index (χ0n) is 45.3. The predicted octanol–water partition coefficient (Wildman–Crippen LogP) is 20.1. The van der Waals surface area contributed by atoms with E-state index in [1.165, 1.54) is 122 Å². The molecule has 13 aromatic carbocycles. The van der Waals surface area contributed by atoms with Crippen LogP contribution < -0.4 is 4.90 Å². The highest BCUT2D eigenvalue weighted by Crippen LogP contribution is 2.64.